The topological polar surface area (TPSA) is 0 Å². The van der Waals surface area contributed by atoms with E-state index in [0.29, 0.717) is 0 Å². The SMILES string of the molecule is C=Cc1cccc(CSc2ccc(Cl)cc2)c1. The number of rotatable bonds is 4. The quantitative estimate of drug-likeness (QED) is 0.675. The van der Waals surface area contributed by atoms with Crippen LogP contribution in [0.2, 0.25) is 5.02 Å². The molecule has 0 bridgehead atoms. The molecule has 0 aliphatic heterocycles. The van der Waals surface area contributed by atoms with Gasteiger partial charge in [0.1, 0.15) is 0 Å². The maximum atomic E-state index is 5.85. The van der Waals surface area contributed by atoms with E-state index in [2.05, 4.69) is 30.8 Å². The molecule has 2 aromatic rings. The molecular formula is C15H13ClS. The lowest BCUT2D eigenvalue weighted by atomic mass is 10.1. The predicted molar refractivity (Wildman–Crippen MR) is 77.5 cm³/mol. The van der Waals surface area contributed by atoms with Crippen LogP contribution in [0.3, 0.4) is 0 Å². The first-order valence-corrected chi connectivity index (χ1v) is 6.74. The van der Waals surface area contributed by atoms with E-state index in [1.54, 1.807) is 0 Å². The maximum Gasteiger partial charge on any atom is 0.0406 e. The van der Waals surface area contributed by atoms with Crippen LogP contribution >= 0.6 is 23.4 Å². The van der Waals surface area contributed by atoms with Gasteiger partial charge < -0.3 is 0 Å². The van der Waals surface area contributed by atoms with Crippen LogP contribution in [0.25, 0.3) is 6.08 Å². The van der Waals surface area contributed by atoms with Crippen LogP contribution in [-0.4, -0.2) is 0 Å². The monoisotopic (exact) mass is 260 g/mol. The lowest BCUT2D eigenvalue weighted by molar-refractivity contribution is 1.38. The molecule has 0 aliphatic carbocycles. The largest absolute Gasteiger partial charge is 0.121 e. The molecule has 2 heteroatoms. The summed E-state index contributed by atoms with van der Waals surface area (Å²) in [6.45, 7) is 3.78. The Bertz CT molecular complexity index is 503. The van der Waals surface area contributed by atoms with E-state index in [1.807, 2.05) is 42.1 Å². The first-order chi connectivity index (χ1) is 8.28. The minimum atomic E-state index is 0.781. The Morgan fingerprint density at radius 3 is 2.59 bits per heavy atom. The van der Waals surface area contributed by atoms with Crippen LogP contribution < -0.4 is 0 Å². The molecule has 2 aromatic carbocycles. The Morgan fingerprint density at radius 2 is 1.88 bits per heavy atom. The summed E-state index contributed by atoms with van der Waals surface area (Å²) < 4.78 is 0. The summed E-state index contributed by atoms with van der Waals surface area (Å²) in [5.41, 5.74) is 2.47. The lowest BCUT2D eigenvalue weighted by Crippen LogP contribution is -1.81. The molecule has 0 radical (unpaired) electrons. The van der Waals surface area contributed by atoms with E-state index < -0.39 is 0 Å². The summed E-state index contributed by atoms with van der Waals surface area (Å²) >= 11 is 7.66. The lowest BCUT2D eigenvalue weighted by Gasteiger charge is -2.03. The standard InChI is InChI=1S/C15H13ClS/c1-2-12-4-3-5-13(10-12)11-17-15-8-6-14(16)7-9-15/h2-10H,1,11H2. The fourth-order valence-electron chi connectivity index (χ4n) is 1.51. The zero-order chi connectivity index (χ0) is 12.1. The van der Waals surface area contributed by atoms with Gasteiger partial charge in [0.2, 0.25) is 0 Å². The van der Waals surface area contributed by atoms with Gasteiger partial charge in [0, 0.05) is 15.7 Å². The van der Waals surface area contributed by atoms with Crippen molar-refractivity contribution in [3.8, 4) is 0 Å². The van der Waals surface area contributed by atoms with Gasteiger partial charge >= 0.3 is 0 Å². The number of benzene rings is 2. The van der Waals surface area contributed by atoms with Gasteiger partial charge in [0.15, 0.2) is 0 Å². The second-order valence-electron chi connectivity index (χ2n) is 3.69. The van der Waals surface area contributed by atoms with Gasteiger partial charge in [-0.25, -0.2) is 0 Å². The maximum absolute atomic E-state index is 5.85. The average molecular weight is 261 g/mol. The van der Waals surface area contributed by atoms with E-state index in [4.69, 9.17) is 11.6 Å². The predicted octanol–water partition coefficient (Wildman–Crippen LogP) is 5.28. The highest BCUT2D eigenvalue weighted by Gasteiger charge is 1.97. The Kier molecular flexibility index (Phi) is 4.29. The first-order valence-electron chi connectivity index (χ1n) is 5.37. The number of hydrogen-bond donors (Lipinski definition) is 0. The molecule has 17 heavy (non-hydrogen) atoms. The van der Waals surface area contributed by atoms with Gasteiger partial charge in [-0.3, -0.25) is 0 Å². The van der Waals surface area contributed by atoms with Crippen molar-refractivity contribution in [1.29, 1.82) is 0 Å². The number of thioether (sulfide) groups is 1. The second kappa shape index (κ2) is 5.95. The fourth-order valence-corrected chi connectivity index (χ4v) is 2.47. The summed E-state index contributed by atoms with van der Waals surface area (Å²) in [6.07, 6.45) is 1.87. The zero-order valence-corrected chi connectivity index (χ0v) is 11.0. The molecule has 0 amide bonds. The molecule has 0 aliphatic rings. The Labute approximate surface area is 111 Å². The molecule has 0 fully saturated rings. The molecule has 0 spiro atoms. The average Bonchev–Trinajstić information content (AvgIpc) is 2.38. The molecule has 2 rings (SSSR count). The highest BCUT2D eigenvalue weighted by Crippen LogP contribution is 2.24. The van der Waals surface area contributed by atoms with Crippen LogP contribution in [0, 0.1) is 0 Å². The van der Waals surface area contributed by atoms with E-state index in [9.17, 15) is 0 Å². The van der Waals surface area contributed by atoms with Crippen LogP contribution in [0.4, 0.5) is 0 Å². The summed E-state index contributed by atoms with van der Waals surface area (Å²) in [7, 11) is 0. The van der Waals surface area contributed by atoms with Crippen molar-refractivity contribution in [2.24, 2.45) is 0 Å². The smallest absolute Gasteiger partial charge is 0.0406 e. The highest BCUT2D eigenvalue weighted by molar-refractivity contribution is 7.98. The van der Waals surface area contributed by atoms with Gasteiger partial charge in [-0.1, -0.05) is 48.5 Å². The van der Waals surface area contributed by atoms with E-state index in [1.165, 1.54) is 16.0 Å². The van der Waals surface area contributed by atoms with Gasteiger partial charge in [0.25, 0.3) is 0 Å². The van der Waals surface area contributed by atoms with Crippen molar-refractivity contribution in [1.82, 2.24) is 0 Å². The summed E-state index contributed by atoms with van der Waals surface area (Å²) in [6, 6.07) is 16.4. The van der Waals surface area contributed by atoms with Crippen LogP contribution in [0.5, 0.6) is 0 Å². The third kappa shape index (κ3) is 3.65. The molecule has 0 unspecified atom stereocenters. The number of halogens is 1. The van der Waals surface area contributed by atoms with E-state index >= 15 is 0 Å². The summed E-state index contributed by atoms with van der Waals surface area (Å²) in [5.74, 6) is 0.962. The van der Waals surface area contributed by atoms with Crippen molar-refractivity contribution >= 4 is 29.4 Å². The van der Waals surface area contributed by atoms with E-state index in [-0.39, 0.29) is 0 Å². The third-order valence-electron chi connectivity index (χ3n) is 2.41. The molecule has 0 atom stereocenters. The first kappa shape index (κ1) is 12.3. The Balaban J connectivity index is 2.01. The summed E-state index contributed by atoms with van der Waals surface area (Å²) in [4.78, 5) is 1.23. The molecule has 0 nitrogen and oxygen atoms in total. The van der Waals surface area contributed by atoms with Crippen LogP contribution in [0.1, 0.15) is 11.1 Å². The molecule has 0 saturated carbocycles. The minimum absolute atomic E-state index is 0.781. The van der Waals surface area contributed by atoms with Crippen molar-refractivity contribution in [3.05, 3.63) is 71.3 Å². The Morgan fingerprint density at radius 1 is 1.12 bits per heavy atom. The van der Waals surface area contributed by atoms with Gasteiger partial charge in [-0.2, -0.15) is 0 Å². The van der Waals surface area contributed by atoms with Crippen LogP contribution in [-0.2, 0) is 5.75 Å². The molecule has 0 saturated heterocycles. The molecule has 0 heterocycles. The van der Waals surface area contributed by atoms with Crippen LogP contribution in [0.15, 0.2) is 60.0 Å². The van der Waals surface area contributed by atoms with Gasteiger partial charge in [-0.05, 0) is 35.4 Å². The molecule has 0 N–H and O–H groups in total. The fraction of sp³-hybridized carbons (Fsp3) is 0.0667. The molecule has 86 valence electrons. The van der Waals surface area contributed by atoms with Gasteiger partial charge in [-0.15, -0.1) is 11.8 Å². The normalized spacial score (nSPS) is 10.2. The molecular weight excluding hydrogens is 248 g/mol. The minimum Gasteiger partial charge on any atom is -0.121 e. The summed E-state index contributed by atoms with van der Waals surface area (Å²) in [5, 5.41) is 0.781. The van der Waals surface area contributed by atoms with Gasteiger partial charge in [0.05, 0.1) is 0 Å². The molecule has 0 aromatic heterocycles. The number of hydrogen-bond acceptors (Lipinski definition) is 1. The van der Waals surface area contributed by atoms with Crippen molar-refractivity contribution < 1.29 is 0 Å². The van der Waals surface area contributed by atoms with Crippen molar-refractivity contribution in [2.75, 3.05) is 0 Å². The third-order valence-corrected chi connectivity index (χ3v) is 3.74. The highest BCUT2D eigenvalue weighted by atomic mass is 35.5. The zero-order valence-electron chi connectivity index (χ0n) is 9.40. The second-order valence-corrected chi connectivity index (χ2v) is 5.18. The van der Waals surface area contributed by atoms with Crippen molar-refractivity contribution in [2.45, 2.75) is 10.6 Å². The Hall–Kier alpha value is -1.18. The van der Waals surface area contributed by atoms with Crippen molar-refractivity contribution in [3.63, 3.8) is 0 Å². The van der Waals surface area contributed by atoms with E-state index in [0.717, 1.165) is 10.8 Å².